The quantitative estimate of drug-likeness (QED) is 0.141. The van der Waals surface area contributed by atoms with E-state index in [2.05, 4.69) is 33.6 Å². The summed E-state index contributed by atoms with van der Waals surface area (Å²) in [4.78, 5) is 14.5. The SMILES string of the molecule is CC[C@H]1CN2CC[C@H]1C[C@H]2[C@H](Oc1nnc(O[C@H](c2ccnc3ccc(O)cc23)[C@@H]2C[C@@H]3CCN2C[C@@H]3CC)c2ccccc12)c1ccnc2ccc(O)cc12. The minimum atomic E-state index is -0.368. The van der Waals surface area contributed by atoms with Crippen molar-refractivity contribution in [2.45, 2.75) is 76.7 Å². The van der Waals surface area contributed by atoms with Crippen molar-refractivity contribution in [3.63, 3.8) is 0 Å². The summed E-state index contributed by atoms with van der Waals surface area (Å²) in [5.41, 5.74) is 3.61. The fourth-order valence-corrected chi connectivity index (χ4v) is 10.9. The highest BCUT2D eigenvalue weighted by Gasteiger charge is 2.46. The molecule has 10 atom stereocenters. The summed E-state index contributed by atoms with van der Waals surface area (Å²) < 4.78 is 14.4. The number of aromatic nitrogens is 4. The zero-order valence-electron chi connectivity index (χ0n) is 32.2. The molecule has 6 aliphatic rings. The normalized spacial score (nSPS) is 28.1. The van der Waals surface area contributed by atoms with Crippen molar-refractivity contribution < 1.29 is 19.7 Å². The van der Waals surface area contributed by atoms with Gasteiger partial charge in [0.1, 0.15) is 23.7 Å². The van der Waals surface area contributed by atoms with Gasteiger partial charge < -0.3 is 19.7 Å². The molecule has 0 radical (unpaired) electrons. The Labute approximate surface area is 327 Å². The van der Waals surface area contributed by atoms with Crippen LogP contribution in [0.15, 0.2) is 85.2 Å². The lowest BCUT2D eigenvalue weighted by atomic mass is 9.72. The van der Waals surface area contributed by atoms with E-state index in [-0.39, 0.29) is 35.8 Å². The third kappa shape index (κ3) is 6.18. The molecule has 0 spiro atoms. The summed E-state index contributed by atoms with van der Waals surface area (Å²) in [7, 11) is 0. The monoisotopic (exact) mass is 750 g/mol. The molecule has 0 aliphatic carbocycles. The average molecular weight is 751 g/mol. The summed E-state index contributed by atoms with van der Waals surface area (Å²) in [5, 5.41) is 34.4. The molecule has 288 valence electrons. The Bertz CT molecular complexity index is 2240. The fraction of sp³-hybridized carbons (Fsp3) is 0.435. The second-order valence-corrected chi connectivity index (χ2v) is 16.7. The Morgan fingerprint density at radius 3 is 1.50 bits per heavy atom. The number of aromatic hydroxyl groups is 2. The van der Waals surface area contributed by atoms with E-state index in [1.54, 1.807) is 24.3 Å². The molecule has 10 nitrogen and oxygen atoms in total. The molecule has 6 fully saturated rings. The predicted molar refractivity (Wildman–Crippen MR) is 217 cm³/mol. The smallest absolute Gasteiger partial charge is 0.242 e. The highest BCUT2D eigenvalue weighted by Crippen LogP contribution is 2.47. The van der Waals surface area contributed by atoms with Crippen LogP contribution in [0.1, 0.15) is 75.7 Å². The zero-order chi connectivity index (χ0) is 37.9. The van der Waals surface area contributed by atoms with Crippen molar-refractivity contribution >= 4 is 32.6 Å². The molecule has 56 heavy (non-hydrogen) atoms. The molecule has 10 heteroatoms. The number of phenolic OH excluding ortho intramolecular Hbond substituents is 2. The lowest BCUT2D eigenvalue weighted by Crippen LogP contribution is -2.56. The van der Waals surface area contributed by atoms with Gasteiger partial charge >= 0.3 is 0 Å². The molecule has 6 aromatic rings. The highest BCUT2D eigenvalue weighted by atomic mass is 16.5. The van der Waals surface area contributed by atoms with Gasteiger partial charge in [-0.25, -0.2) is 0 Å². The van der Waals surface area contributed by atoms with Gasteiger partial charge in [-0.1, -0.05) is 38.8 Å². The molecule has 6 saturated heterocycles. The van der Waals surface area contributed by atoms with Crippen molar-refractivity contribution in [3.05, 3.63) is 96.3 Å². The number of nitrogens with zero attached hydrogens (tertiary/aromatic N) is 6. The first-order valence-electron chi connectivity index (χ1n) is 20.7. The minimum Gasteiger partial charge on any atom is -0.508 e. The number of hydrogen-bond acceptors (Lipinski definition) is 10. The van der Waals surface area contributed by atoms with Gasteiger partial charge in [0.2, 0.25) is 11.8 Å². The van der Waals surface area contributed by atoms with Crippen LogP contribution < -0.4 is 9.47 Å². The van der Waals surface area contributed by atoms with E-state index in [0.717, 1.165) is 82.7 Å². The first kappa shape index (κ1) is 35.4. The number of fused-ring (bicyclic) bond motifs is 9. The Hall–Kier alpha value is -5.06. The first-order valence-corrected chi connectivity index (χ1v) is 20.7. The minimum absolute atomic E-state index is 0.129. The van der Waals surface area contributed by atoms with E-state index in [4.69, 9.17) is 19.7 Å². The maximum atomic E-state index is 10.6. The maximum absolute atomic E-state index is 10.6. The van der Waals surface area contributed by atoms with Crippen LogP contribution in [0.4, 0.5) is 0 Å². The molecule has 6 aliphatic heterocycles. The van der Waals surface area contributed by atoms with Crippen LogP contribution in [0.25, 0.3) is 32.6 Å². The number of ether oxygens (including phenoxy) is 2. The molecule has 12 rings (SSSR count). The lowest BCUT2D eigenvalue weighted by molar-refractivity contribution is -0.0505. The van der Waals surface area contributed by atoms with E-state index >= 15 is 0 Å². The molecule has 0 saturated carbocycles. The molecule has 2 unspecified atom stereocenters. The summed E-state index contributed by atoms with van der Waals surface area (Å²) in [6.45, 7) is 8.81. The summed E-state index contributed by atoms with van der Waals surface area (Å²) in [6.07, 6.45) is 9.80. The number of rotatable bonds is 10. The first-order chi connectivity index (χ1) is 27.4. The van der Waals surface area contributed by atoms with Crippen LogP contribution in [0.2, 0.25) is 0 Å². The fourth-order valence-electron chi connectivity index (χ4n) is 10.9. The van der Waals surface area contributed by atoms with E-state index < -0.39 is 0 Å². The number of benzene rings is 3. The van der Waals surface area contributed by atoms with E-state index in [1.165, 1.54) is 25.7 Å². The Kier molecular flexibility index (Phi) is 9.13. The van der Waals surface area contributed by atoms with Gasteiger partial charge in [-0.3, -0.25) is 19.8 Å². The third-order valence-corrected chi connectivity index (χ3v) is 13.8. The van der Waals surface area contributed by atoms with Gasteiger partial charge in [-0.2, -0.15) is 0 Å². The van der Waals surface area contributed by atoms with Crippen molar-refractivity contribution in [2.24, 2.45) is 23.7 Å². The number of hydrogen-bond donors (Lipinski definition) is 2. The molecule has 4 bridgehead atoms. The van der Waals surface area contributed by atoms with Crippen LogP contribution in [0.3, 0.4) is 0 Å². The number of phenols is 2. The number of piperidine rings is 6. The Morgan fingerprint density at radius 2 is 1.09 bits per heavy atom. The van der Waals surface area contributed by atoms with Crippen LogP contribution in [0.5, 0.6) is 23.3 Å². The van der Waals surface area contributed by atoms with E-state index in [9.17, 15) is 10.2 Å². The third-order valence-electron chi connectivity index (χ3n) is 13.8. The van der Waals surface area contributed by atoms with Gasteiger partial charge in [-0.05, 0) is 123 Å². The molecule has 0 amide bonds. The summed E-state index contributed by atoms with van der Waals surface area (Å²) in [5.74, 6) is 3.98. The van der Waals surface area contributed by atoms with Gasteiger partial charge in [0.05, 0.1) is 33.9 Å². The lowest BCUT2D eigenvalue weighted by Gasteiger charge is -2.52. The summed E-state index contributed by atoms with van der Waals surface area (Å²) in [6, 6.07) is 23.2. The van der Waals surface area contributed by atoms with Crippen LogP contribution in [-0.4, -0.2) is 78.4 Å². The molecular formula is C46H50N6O4. The molecule has 9 heterocycles. The molecule has 3 aromatic heterocycles. The topological polar surface area (TPSA) is 117 Å². The Balaban J connectivity index is 1.06. The van der Waals surface area contributed by atoms with Crippen molar-refractivity contribution in [3.8, 4) is 23.3 Å². The van der Waals surface area contributed by atoms with Crippen molar-refractivity contribution in [1.29, 1.82) is 0 Å². The molecular weight excluding hydrogens is 701 g/mol. The van der Waals surface area contributed by atoms with Gasteiger partial charge in [0.25, 0.3) is 0 Å². The Morgan fingerprint density at radius 1 is 0.625 bits per heavy atom. The van der Waals surface area contributed by atoms with Crippen LogP contribution >= 0.6 is 0 Å². The van der Waals surface area contributed by atoms with E-state index in [0.29, 0.717) is 35.4 Å². The van der Waals surface area contributed by atoms with Gasteiger partial charge in [-0.15, -0.1) is 10.2 Å². The molecule has 3 aromatic carbocycles. The highest BCUT2D eigenvalue weighted by molar-refractivity contribution is 5.91. The van der Waals surface area contributed by atoms with E-state index in [1.807, 2.05) is 60.9 Å². The largest absolute Gasteiger partial charge is 0.508 e. The average Bonchev–Trinajstić information content (AvgIpc) is 3.25. The van der Waals surface area contributed by atoms with Crippen molar-refractivity contribution in [2.75, 3.05) is 26.2 Å². The van der Waals surface area contributed by atoms with Gasteiger partial charge in [0, 0.05) is 47.4 Å². The molecule has 2 N–H and O–H groups in total. The van der Waals surface area contributed by atoms with Crippen molar-refractivity contribution in [1.82, 2.24) is 30.0 Å². The van der Waals surface area contributed by atoms with Gasteiger partial charge in [0.15, 0.2) is 0 Å². The standard InChI is InChI=1S/C46H50N6O4/c1-3-27-25-51-19-15-29(27)21-41(51)43(33-13-17-47-39-11-9-31(53)23-37(33)39)55-45-35-7-5-6-8-36(35)46(50-49-45)56-44(42-22-30-16-20-52(42)26-28(30)4-2)34-14-18-48-40-12-10-32(54)24-38(34)40/h5-14,17-18,23-24,27-30,41-44,53-54H,3-4,15-16,19-22,25-26H2,1-2H3/t27-,28-,29-,30-,41-,42-,43+,44+/m0/s1. The maximum Gasteiger partial charge on any atom is 0.242 e. The predicted octanol–water partition coefficient (Wildman–Crippen LogP) is 8.62. The van der Waals surface area contributed by atoms with Crippen LogP contribution in [-0.2, 0) is 0 Å². The second kappa shape index (κ2) is 14.5. The van der Waals surface area contributed by atoms with Crippen LogP contribution in [0, 0.1) is 23.7 Å². The second-order valence-electron chi connectivity index (χ2n) is 16.7. The zero-order valence-corrected chi connectivity index (χ0v) is 32.2. The number of pyridine rings is 2. The summed E-state index contributed by atoms with van der Waals surface area (Å²) >= 11 is 0.